The highest BCUT2D eigenvalue weighted by Gasteiger charge is 2.52. The first-order chi connectivity index (χ1) is 11.7. The van der Waals surface area contributed by atoms with Crippen LogP contribution in [0.3, 0.4) is 0 Å². The molecule has 2 heteroatoms. The summed E-state index contributed by atoms with van der Waals surface area (Å²) >= 11 is 0. The highest BCUT2D eigenvalue weighted by Crippen LogP contribution is 2.52. The lowest BCUT2D eigenvalue weighted by Gasteiger charge is -2.09. The van der Waals surface area contributed by atoms with Crippen molar-refractivity contribution in [3.05, 3.63) is 53.6 Å². The second-order valence-corrected chi connectivity index (χ2v) is 7.34. The molecule has 1 unspecified atom stereocenters. The van der Waals surface area contributed by atoms with Crippen LogP contribution in [-0.4, -0.2) is 5.91 Å². The van der Waals surface area contributed by atoms with Crippen molar-refractivity contribution in [1.82, 2.24) is 0 Å². The van der Waals surface area contributed by atoms with Gasteiger partial charge >= 0.3 is 0 Å². The first kappa shape index (κ1) is 17.0. The van der Waals surface area contributed by atoms with Crippen LogP contribution in [-0.2, 0) is 4.79 Å². The van der Waals surface area contributed by atoms with E-state index in [4.69, 9.17) is 0 Å². The minimum atomic E-state index is 0.201. The number of rotatable bonds is 2. The van der Waals surface area contributed by atoms with Crippen LogP contribution < -0.4 is 5.32 Å². The van der Waals surface area contributed by atoms with Crippen molar-refractivity contribution in [2.75, 3.05) is 5.32 Å². The predicted octanol–water partition coefficient (Wildman–Crippen LogP) is 5.57. The van der Waals surface area contributed by atoms with Gasteiger partial charge in [-0.25, -0.2) is 0 Å². The van der Waals surface area contributed by atoms with Crippen molar-refractivity contribution in [3.8, 4) is 0 Å². The van der Waals surface area contributed by atoms with Gasteiger partial charge in [0.05, 0.1) is 0 Å². The lowest BCUT2D eigenvalue weighted by Crippen LogP contribution is -2.16. The molecular formula is C22H29NO. The lowest BCUT2D eigenvalue weighted by atomic mass is 10.1. The van der Waals surface area contributed by atoms with Gasteiger partial charge in [-0.2, -0.15) is 0 Å². The van der Waals surface area contributed by atoms with E-state index in [1.54, 1.807) is 0 Å². The molecule has 2 aliphatic rings. The number of nitrogens with one attached hydrogen (secondary N) is 1. The van der Waals surface area contributed by atoms with Crippen LogP contribution in [0.5, 0.6) is 0 Å². The molecule has 3 atom stereocenters. The number of hydrogen-bond acceptors (Lipinski definition) is 1. The van der Waals surface area contributed by atoms with Gasteiger partial charge in [0, 0.05) is 11.6 Å². The third-order valence-corrected chi connectivity index (χ3v) is 5.45. The van der Waals surface area contributed by atoms with E-state index in [0.717, 1.165) is 49.8 Å². The van der Waals surface area contributed by atoms with Crippen LogP contribution in [0.1, 0.15) is 49.7 Å². The molecule has 1 saturated carbocycles. The van der Waals surface area contributed by atoms with E-state index in [1.807, 2.05) is 0 Å². The molecule has 2 nitrogen and oxygen atoms in total. The number of amides is 1. The maximum Gasteiger partial charge on any atom is 0.228 e. The smallest absolute Gasteiger partial charge is 0.228 e. The van der Waals surface area contributed by atoms with E-state index in [1.165, 1.54) is 5.56 Å². The highest BCUT2D eigenvalue weighted by molar-refractivity contribution is 5.95. The zero-order valence-corrected chi connectivity index (χ0v) is 14.9. The zero-order valence-electron chi connectivity index (χ0n) is 14.9. The third kappa shape index (κ3) is 4.17. The van der Waals surface area contributed by atoms with Gasteiger partial charge < -0.3 is 5.32 Å². The quantitative estimate of drug-likeness (QED) is 0.708. The number of fused-ring (bicyclic) bond motifs is 1. The molecule has 0 aliphatic heterocycles. The molecule has 0 radical (unpaired) electrons. The van der Waals surface area contributed by atoms with E-state index in [-0.39, 0.29) is 11.8 Å². The van der Waals surface area contributed by atoms with Crippen molar-refractivity contribution in [3.63, 3.8) is 0 Å². The molecule has 128 valence electrons. The van der Waals surface area contributed by atoms with Crippen LogP contribution in [0.15, 0.2) is 42.5 Å². The first-order valence-electron chi connectivity index (χ1n) is 9.35. The van der Waals surface area contributed by atoms with E-state index in [0.29, 0.717) is 11.8 Å². The number of allylic oxidation sites excluding steroid dienone is 4. The Bertz CT molecular complexity index is 619. The van der Waals surface area contributed by atoms with Gasteiger partial charge in [-0.05, 0) is 81.4 Å². The van der Waals surface area contributed by atoms with E-state index in [2.05, 4.69) is 61.7 Å². The molecule has 2 aliphatic carbocycles. The fourth-order valence-corrected chi connectivity index (χ4v) is 3.95. The summed E-state index contributed by atoms with van der Waals surface area (Å²) in [7, 11) is 0. The van der Waals surface area contributed by atoms with Crippen LogP contribution >= 0.6 is 0 Å². The highest BCUT2D eigenvalue weighted by atomic mass is 16.2. The summed E-state index contributed by atoms with van der Waals surface area (Å²) in [6.45, 7) is 4.12. The SMILES string of the molecule is Cc1ccc(C)c(NC(=O)C2[C@@H]3CC/C=C\CC/C=C/CC[C@@H]23)c1. The van der Waals surface area contributed by atoms with Crippen molar-refractivity contribution in [2.45, 2.75) is 52.4 Å². The molecule has 0 heterocycles. The molecule has 1 aromatic carbocycles. The molecule has 0 saturated heterocycles. The molecule has 1 N–H and O–H groups in total. The average molecular weight is 323 g/mol. The van der Waals surface area contributed by atoms with Crippen molar-refractivity contribution >= 4 is 11.6 Å². The molecule has 0 aromatic heterocycles. The predicted molar refractivity (Wildman–Crippen MR) is 101 cm³/mol. The molecule has 1 aromatic rings. The Balaban J connectivity index is 1.65. The Morgan fingerprint density at radius 1 is 0.917 bits per heavy atom. The monoisotopic (exact) mass is 323 g/mol. The van der Waals surface area contributed by atoms with Gasteiger partial charge in [-0.1, -0.05) is 36.4 Å². The summed E-state index contributed by atoms with van der Waals surface area (Å²) < 4.78 is 0. The number of hydrogen-bond donors (Lipinski definition) is 1. The molecule has 0 spiro atoms. The lowest BCUT2D eigenvalue weighted by molar-refractivity contribution is -0.117. The fourth-order valence-electron chi connectivity index (χ4n) is 3.95. The number of benzene rings is 1. The Kier molecular flexibility index (Phi) is 5.55. The van der Waals surface area contributed by atoms with Crippen LogP contribution in [0.25, 0.3) is 0 Å². The van der Waals surface area contributed by atoms with Gasteiger partial charge in [0.1, 0.15) is 0 Å². The molecule has 3 rings (SSSR count). The normalized spacial score (nSPS) is 29.5. The molecule has 1 amide bonds. The van der Waals surface area contributed by atoms with Crippen LogP contribution in [0.2, 0.25) is 0 Å². The maximum atomic E-state index is 12.8. The van der Waals surface area contributed by atoms with Crippen LogP contribution in [0.4, 0.5) is 5.69 Å². The van der Waals surface area contributed by atoms with Crippen molar-refractivity contribution in [2.24, 2.45) is 17.8 Å². The molecule has 0 bridgehead atoms. The number of aryl methyl sites for hydroxylation is 2. The van der Waals surface area contributed by atoms with Gasteiger partial charge in [0.15, 0.2) is 0 Å². The Morgan fingerprint density at radius 3 is 2.12 bits per heavy atom. The summed E-state index contributed by atoms with van der Waals surface area (Å²) in [5.74, 6) is 1.55. The largest absolute Gasteiger partial charge is 0.326 e. The number of carbonyl (C=O) groups excluding carboxylic acids is 1. The molecule has 24 heavy (non-hydrogen) atoms. The Hall–Kier alpha value is -1.83. The Labute approximate surface area is 146 Å². The zero-order chi connectivity index (χ0) is 16.9. The minimum Gasteiger partial charge on any atom is -0.326 e. The third-order valence-electron chi connectivity index (χ3n) is 5.45. The summed E-state index contributed by atoms with van der Waals surface area (Å²) in [4.78, 5) is 12.8. The van der Waals surface area contributed by atoms with Gasteiger partial charge in [-0.3, -0.25) is 4.79 Å². The van der Waals surface area contributed by atoms with Crippen LogP contribution in [0, 0.1) is 31.6 Å². The second-order valence-electron chi connectivity index (χ2n) is 7.34. The van der Waals surface area contributed by atoms with E-state index in [9.17, 15) is 4.79 Å². The molecule has 1 fully saturated rings. The van der Waals surface area contributed by atoms with Gasteiger partial charge in [0.2, 0.25) is 5.91 Å². The van der Waals surface area contributed by atoms with Gasteiger partial charge in [0.25, 0.3) is 0 Å². The van der Waals surface area contributed by atoms with Crippen molar-refractivity contribution < 1.29 is 4.79 Å². The van der Waals surface area contributed by atoms with Gasteiger partial charge in [-0.15, -0.1) is 0 Å². The Morgan fingerprint density at radius 2 is 1.50 bits per heavy atom. The summed E-state index contributed by atoms with van der Waals surface area (Å²) in [5.41, 5.74) is 3.30. The first-order valence-corrected chi connectivity index (χ1v) is 9.35. The van der Waals surface area contributed by atoms with E-state index >= 15 is 0 Å². The molecular weight excluding hydrogens is 294 g/mol. The topological polar surface area (TPSA) is 29.1 Å². The minimum absolute atomic E-state index is 0.201. The summed E-state index contributed by atoms with van der Waals surface area (Å²) in [6, 6.07) is 6.25. The number of anilines is 1. The standard InChI is InChI=1S/C22H29NO/c1-16-13-14-17(2)20(15-16)23-22(24)21-18-11-9-7-5-3-4-6-8-10-12-19(18)21/h5-8,13-15,18-19,21H,3-4,9-12H2,1-2H3,(H,23,24)/b7-5-,8-6+/t18-,19-,21?/m1/s1. The maximum absolute atomic E-state index is 12.8. The summed E-state index contributed by atoms with van der Waals surface area (Å²) in [5, 5.41) is 3.19. The average Bonchev–Trinajstić information content (AvgIpc) is 3.23. The summed E-state index contributed by atoms with van der Waals surface area (Å²) in [6.07, 6.45) is 16.0. The van der Waals surface area contributed by atoms with E-state index < -0.39 is 0 Å². The fraction of sp³-hybridized carbons (Fsp3) is 0.500. The van der Waals surface area contributed by atoms with Crippen molar-refractivity contribution in [1.29, 1.82) is 0 Å². The number of carbonyl (C=O) groups is 1. The second kappa shape index (κ2) is 7.83.